The summed E-state index contributed by atoms with van der Waals surface area (Å²) in [6, 6.07) is 9.06. The van der Waals surface area contributed by atoms with E-state index in [9.17, 15) is 0 Å². The number of aryl methyl sites for hydroxylation is 1. The molecule has 0 amide bonds. The minimum atomic E-state index is 0.581. The molecule has 0 aliphatic carbocycles. The number of nitrogens with zero attached hydrogens (tertiary/aromatic N) is 1. The largest absolute Gasteiger partial charge is 0.497 e. The fraction of sp³-hybridized carbons (Fsp3) is 0.154. The molecule has 0 saturated heterocycles. The fourth-order valence-corrected chi connectivity index (χ4v) is 2.10. The molecule has 0 aliphatic rings. The number of methoxy groups -OCH3 is 1. The summed E-state index contributed by atoms with van der Waals surface area (Å²) in [6.07, 6.45) is 0. The number of halogens is 2. The van der Waals surface area contributed by atoms with Gasteiger partial charge in [-0.25, -0.2) is 0 Å². The zero-order valence-corrected chi connectivity index (χ0v) is 11.0. The fourth-order valence-electron chi connectivity index (χ4n) is 1.59. The van der Waals surface area contributed by atoms with Crippen LogP contribution in [0, 0.1) is 6.92 Å². The van der Waals surface area contributed by atoms with E-state index < -0.39 is 0 Å². The van der Waals surface area contributed by atoms with E-state index in [0.717, 1.165) is 22.7 Å². The molecule has 0 atom stereocenters. The molecule has 4 heteroatoms. The van der Waals surface area contributed by atoms with Crippen LogP contribution in [-0.2, 0) is 0 Å². The Morgan fingerprint density at radius 3 is 2.53 bits per heavy atom. The van der Waals surface area contributed by atoms with Crippen LogP contribution in [0.4, 0.5) is 0 Å². The van der Waals surface area contributed by atoms with Crippen molar-refractivity contribution in [2.24, 2.45) is 0 Å². The van der Waals surface area contributed by atoms with E-state index in [4.69, 9.17) is 27.9 Å². The number of hydrogen-bond acceptors (Lipinski definition) is 2. The molecular formula is C13H11Cl2NO. The lowest BCUT2D eigenvalue weighted by molar-refractivity contribution is 0.414. The van der Waals surface area contributed by atoms with Crippen molar-refractivity contribution in [2.45, 2.75) is 6.92 Å². The highest BCUT2D eigenvalue weighted by molar-refractivity contribution is 6.36. The normalized spacial score (nSPS) is 10.4. The van der Waals surface area contributed by atoms with Crippen LogP contribution in [0.1, 0.15) is 5.69 Å². The second-order valence-corrected chi connectivity index (χ2v) is 4.50. The van der Waals surface area contributed by atoms with E-state index in [1.807, 2.05) is 25.1 Å². The molecule has 1 aromatic heterocycles. The average Bonchev–Trinajstić information content (AvgIpc) is 2.28. The van der Waals surface area contributed by atoms with Gasteiger partial charge in [0.1, 0.15) is 5.75 Å². The maximum atomic E-state index is 6.15. The van der Waals surface area contributed by atoms with Crippen molar-refractivity contribution >= 4 is 23.2 Å². The number of hydrogen-bond donors (Lipinski definition) is 0. The molecule has 1 heterocycles. The summed E-state index contributed by atoms with van der Waals surface area (Å²) in [5.41, 5.74) is 2.51. The Morgan fingerprint density at radius 1 is 1.12 bits per heavy atom. The molecule has 0 bridgehead atoms. The van der Waals surface area contributed by atoms with E-state index >= 15 is 0 Å². The smallest absolute Gasteiger partial charge is 0.122 e. The van der Waals surface area contributed by atoms with Crippen LogP contribution in [0.5, 0.6) is 5.75 Å². The standard InChI is InChI=1S/C13H11Cl2NO/c1-8-5-10(17-2)7-13(16-8)11-4-3-9(14)6-12(11)15/h3-7H,1-2H3. The maximum absolute atomic E-state index is 6.15. The number of rotatable bonds is 2. The van der Waals surface area contributed by atoms with Gasteiger partial charge in [0.25, 0.3) is 0 Å². The Balaban J connectivity index is 2.55. The van der Waals surface area contributed by atoms with Gasteiger partial charge in [-0.1, -0.05) is 23.2 Å². The van der Waals surface area contributed by atoms with Gasteiger partial charge >= 0.3 is 0 Å². The zero-order valence-electron chi connectivity index (χ0n) is 9.50. The van der Waals surface area contributed by atoms with Crippen molar-refractivity contribution in [2.75, 3.05) is 7.11 Å². The second-order valence-electron chi connectivity index (χ2n) is 3.66. The first-order valence-electron chi connectivity index (χ1n) is 5.08. The summed E-state index contributed by atoms with van der Waals surface area (Å²) < 4.78 is 5.21. The number of benzene rings is 1. The van der Waals surface area contributed by atoms with Gasteiger partial charge in [-0.15, -0.1) is 0 Å². The van der Waals surface area contributed by atoms with Gasteiger partial charge in [0.2, 0.25) is 0 Å². The molecule has 0 saturated carbocycles. The highest BCUT2D eigenvalue weighted by Gasteiger charge is 2.08. The Hall–Kier alpha value is -1.25. The lowest BCUT2D eigenvalue weighted by Gasteiger charge is -2.08. The molecule has 0 radical (unpaired) electrons. The summed E-state index contributed by atoms with van der Waals surface area (Å²) in [4.78, 5) is 4.44. The first kappa shape index (κ1) is 12.2. The third-order valence-corrected chi connectivity index (χ3v) is 2.92. The molecule has 0 aliphatic heterocycles. The molecule has 2 rings (SSSR count). The maximum Gasteiger partial charge on any atom is 0.122 e. The topological polar surface area (TPSA) is 22.1 Å². The quantitative estimate of drug-likeness (QED) is 0.806. The van der Waals surface area contributed by atoms with E-state index in [2.05, 4.69) is 4.98 Å². The van der Waals surface area contributed by atoms with Crippen LogP contribution in [0.3, 0.4) is 0 Å². The molecule has 2 nitrogen and oxygen atoms in total. The Labute approximate surface area is 110 Å². The van der Waals surface area contributed by atoms with Crippen LogP contribution in [0.2, 0.25) is 10.0 Å². The van der Waals surface area contributed by atoms with Crippen LogP contribution in [0.25, 0.3) is 11.3 Å². The van der Waals surface area contributed by atoms with Crippen LogP contribution < -0.4 is 4.74 Å². The minimum absolute atomic E-state index is 0.581. The molecule has 2 aromatic rings. The molecular weight excluding hydrogens is 257 g/mol. The van der Waals surface area contributed by atoms with Gasteiger partial charge in [0.05, 0.1) is 17.8 Å². The van der Waals surface area contributed by atoms with Crippen molar-refractivity contribution in [3.63, 3.8) is 0 Å². The highest BCUT2D eigenvalue weighted by Crippen LogP contribution is 2.31. The zero-order chi connectivity index (χ0) is 12.4. The van der Waals surface area contributed by atoms with Gasteiger partial charge in [-0.3, -0.25) is 4.98 Å². The lowest BCUT2D eigenvalue weighted by atomic mass is 10.1. The van der Waals surface area contributed by atoms with Crippen molar-refractivity contribution in [3.8, 4) is 17.0 Å². The summed E-state index contributed by atoms with van der Waals surface area (Å²) in [5.74, 6) is 0.763. The van der Waals surface area contributed by atoms with Crippen molar-refractivity contribution in [1.82, 2.24) is 4.98 Å². The van der Waals surface area contributed by atoms with Crippen molar-refractivity contribution < 1.29 is 4.74 Å². The first-order valence-corrected chi connectivity index (χ1v) is 5.84. The van der Waals surface area contributed by atoms with Gasteiger partial charge in [-0.2, -0.15) is 0 Å². The number of pyridine rings is 1. The van der Waals surface area contributed by atoms with Crippen molar-refractivity contribution in [1.29, 1.82) is 0 Å². The highest BCUT2D eigenvalue weighted by atomic mass is 35.5. The Kier molecular flexibility index (Phi) is 3.55. The molecule has 0 N–H and O–H groups in total. The van der Waals surface area contributed by atoms with Crippen molar-refractivity contribution in [3.05, 3.63) is 46.1 Å². The SMILES string of the molecule is COc1cc(C)nc(-c2ccc(Cl)cc2Cl)c1. The molecule has 0 spiro atoms. The summed E-state index contributed by atoms with van der Waals surface area (Å²) in [6.45, 7) is 1.91. The van der Waals surface area contributed by atoms with E-state index in [0.29, 0.717) is 10.0 Å². The number of aromatic nitrogens is 1. The van der Waals surface area contributed by atoms with E-state index in [-0.39, 0.29) is 0 Å². The third-order valence-electron chi connectivity index (χ3n) is 2.37. The number of ether oxygens (including phenoxy) is 1. The Morgan fingerprint density at radius 2 is 1.88 bits per heavy atom. The van der Waals surface area contributed by atoms with Gasteiger partial charge in [0.15, 0.2) is 0 Å². The molecule has 0 fully saturated rings. The van der Waals surface area contributed by atoms with Gasteiger partial charge in [0, 0.05) is 28.4 Å². The predicted octanol–water partition coefficient (Wildman–Crippen LogP) is 4.37. The average molecular weight is 268 g/mol. The Bertz CT molecular complexity index is 555. The van der Waals surface area contributed by atoms with Gasteiger partial charge in [-0.05, 0) is 25.1 Å². The molecule has 17 heavy (non-hydrogen) atoms. The third kappa shape index (κ3) is 2.71. The monoisotopic (exact) mass is 267 g/mol. The summed E-state index contributed by atoms with van der Waals surface area (Å²) >= 11 is 12.0. The molecule has 1 aromatic carbocycles. The van der Waals surface area contributed by atoms with Gasteiger partial charge < -0.3 is 4.74 Å². The second kappa shape index (κ2) is 4.94. The van der Waals surface area contributed by atoms with Crippen LogP contribution in [-0.4, -0.2) is 12.1 Å². The molecule has 0 unspecified atom stereocenters. The first-order chi connectivity index (χ1) is 8.10. The minimum Gasteiger partial charge on any atom is -0.497 e. The van der Waals surface area contributed by atoms with E-state index in [1.54, 1.807) is 19.2 Å². The predicted molar refractivity (Wildman–Crippen MR) is 71.0 cm³/mol. The van der Waals surface area contributed by atoms with Crippen LogP contribution in [0.15, 0.2) is 30.3 Å². The molecule has 88 valence electrons. The summed E-state index contributed by atoms with van der Waals surface area (Å²) in [5, 5.41) is 1.19. The van der Waals surface area contributed by atoms with E-state index in [1.165, 1.54) is 0 Å². The van der Waals surface area contributed by atoms with Crippen LogP contribution >= 0.6 is 23.2 Å². The lowest BCUT2D eigenvalue weighted by Crippen LogP contribution is -1.91. The summed E-state index contributed by atoms with van der Waals surface area (Å²) in [7, 11) is 1.63.